The number of nitrogens with one attached hydrogen (secondary N) is 1. The maximum atomic E-state index is 13.1. The van der Waals surface area contributed by atoms with Gasteiger partial charge in [-0.15, -0.1) is 0 Å². The van der Waals surface area contributed by atoms with Crippen LogP contribution in [0.4, 0.5) is 13.2 Å². The fourth-order valence-corrected chi connectivity index (χ4v) is 3.36. The lowest BCUT2D eigenvalue weighted by Crippen LogP contribution is -2.51. The second kappa shape index (κ2) is 7.09. The molecular weight excluding hydrogens is 337 g/mol. The Morgan fingerprint density at radius 3 is 2.36 bits per heavy atom. The first-order valence-corrected chi connectivity index (χ1v) is 8.61. The number of alkyl halides is 3. The number of amides is 2. The highest BCUT2D eigenvalue weighted by Gasteiger charge is 2.52. The van der Waals surface area contributed by atoms with Crippen molar-refractivity contribution in [1.29, 1.82) is 0 Å². The Kier molecular flexibility index (Phi) is 5.06. The van der Waals surface area contributed by atoms with Crippen LogP contribution in [0.5, 0.6) is 0 Å². The van der Waals surface area contributed by atoms with Crippen molar-refractivity contribution in [3.8, 4) is 0 Å². The van der Waals surface area contributed by atoms with Gasteiger partial charge in [0, 0.05) is 12.1 Å². The lowest BCUT2D eigenvalue weighted by molar-refractivity contribution is -0.189. The fraction of sp³-hybridized carbons (Fsp3) is 0.647. The maximum absolute atomic E-state index is 13.1. The first kappa shape index (κ1) is 17.8. The summed E-state index contributed by atoms with van der Waals surface area (Å²) >= 11 is 0. The predicted octanol–water partition coefficient (Wildman–Crippen LogP) is 3.32. The van der Waals surface area contributed by atoms with Gasteiger partial charge in [0.2, 0.25) is 0 Å². The van der Waals surface area contributed by atoms with E-state index < -0.39 is 30.1 Å². The van der Waals surface area contributed by atoms with E-state index in [-0.39, 0.29) is 11.8 Å². The third-order valence-electron chi connectivity index (χ3n) is 4.71. The minimum absolute atomic E-state index is 0.0535. The fourth-order valence-electron chi connectivity index (χ4n) is 3.36. The summed E-state index contributed by atoms with van der Waals surface area (Å²) in [6.45, 7) is 0. The van der Waals surface area contributed by atoms with Crippen molar-refractivity contribution >= 4 is 11.8 Å². The monoisotopic (exact) mass is 358 g/mol. The van der Waals surface area contributed by atoms with Gasteiger partial charge in [-0.2, -0.15) is 13.2 Å². The lowest BCUT2D eigenvalue weighted by atomic mass is 9.95. The van der Waals surface area contributed by atoms with E-state index in [9.17, 15) is 22.8 Å². The van der Waals surface area contributed by atoms with Crippen molar-refractivity contribution in [3.05, 3.63) is 24.2 Å². The molecule has 8 heteroatoms. The van der Waals surface area contributed by atoms with Crippen LogP contribution in [-0.2, 0) is 9.59 Å². The highest BCUT2D eigenvalue weighted by Crippen LogP contribution is 2.38. The van der Waals surface area contributed by atoms with Crippen LogP contribution in [0, 0.1) is 0 Å². The van der Waals surface area contributed by atoms with Crippen LogP contribution in [0.2, 0.25) is 0 Å². The molecule has 1 atom stereocenters. The summed E-state index contributed by atoms with van der Waals surface area (Å²) < 4.78 is 44.4. The number of rotatable bonds is 5. The molecule has 1 heterocycles. The number of nitrogens with zero attached hydrogens (tertiary/aromatic N) is 1. The molecule has 2 amide bonds. The lowest BCUT2D eigenvalue weighted by Gasteiger charge is -2.32. The van der Waals surface area contributed by atoms with Crippen molar-refractivity contribution in [2.45, 2.75) is 69.2 Å². The Labute approximate surface area is 143 Å². The van der Waals surface area contributed by atoms with Crippen molar-refractivity contribution in [1.82, 2.24) is 10.2 Å². The van der Waals surface area contributed by atoms with Gasteiger partial charge in [-0.25, -0.2) is 0 Å². The number of carbonyl (C=O) groups excluding carboxylic acids is 2. The zero-order chi connectivity index (χ0) is 18.0. The molecule has 3 rings (SSSR count). The molecule has 0 unspecified atom stereocenters. The van der Waals surface area contributed by atoms with Crippen LogP contribution < -0.4 is 5.32 Å². The smallest absolute Gasteiger partial charge is 0.467 e. The molecule has 1 aromatic rings. The van der Waals surface area contributed by atoms with E-state index in [4.69, 9.17) is 4.42 Å². The number of hydrogen-bond donors (Lipinski definition) is 1. The minimum atomic E-state index is -5.03. The Balaban J connectivity index is 1.85. The van der Waals surface area contributed by atoms with Gasteiger partial charge in [0.25, 0.3) is 5.91 Å². The van der Waals surface area contributed by atoms with Crippen molar-refractivity contribution in [3.63, 3.8) is 0 Å². The SMILES string of the molecule is O=C(NC1CCCCC1)[C@H](c1ccco1)N(C(=O)C(F)(F)F)C1CC1. The van der Waals surface area contributed by atoms with Gasteiger partial charge >= 0.3 is 12.1 Å². The van der Waals surface area contributed by atoms with E-state index in [0.29, 0.717) is 17.7 Å². The van der Waals surface area contributed by atoms with Crippen molar-refractivity contribution in [2.75, 3.05) is 0 Å². The summed E-state index contributed by atoms with van der Waals surface area (Å²) in [6.07, 6.45) is 1.81. The quantitative estimate of drug-likeness (QED) is 0.878. The Bertz CT molecular complexity index is 605. The highest BCUT2D eigenvalue weighted by molar-refractivity contribution is 5.91. The first-order chi connectivity index (χ1) is 11.9. The molecule has 2 aliphatic rings. The largest absolute Gasteiger partial charge is 0.471 e. The molecule has 0 radical (unpaired) electrons. The summed E-state index contributed by atoms with van der Waals surface area (Å²) in [5.41, 5.74) is 0. The van der Waals surface area contributed by atoms with Gasteiger partial charge in [0.15, 0.2) is 6.04 Å². The molecule has 1 aromatic heterocycles. The third-order valence-corrected chi connectivity index (χ3v) is 4.71. The van der Waals surface area contributed by atoms with E-state index >= 15 is 0 Å². The molecule has 0 saturated heterocycles. The molecule has 0 aromatic carbocycles. The predicted molar refractivity (Wildman–Crippen MR) is 82.4 cm³/mol. The molecule has 0 bridgehead atoms. The van der Waals surface area contributed by atoms with Crippen LogP contribution in [0.3, 0.4) is 0 Å². The second-order valence-corrected chi connectivity index (χ2v) is 6.70. The molecule has 0 aliphatic heterocycles. The summed E-state index contributed by atoms with van der Waals surface area (Å²) in [4.78, 5) is 25.4. The minimum Gasteiger partial charge on any atom is -0.467 e. The molecule has 2 saturated carbocycles. The molecule has 2 aliphatic carbocycles. The summed E-state index contributed by atoms with van der Waals surface area (Å²) in [5, 5.41) is 2.82. The van der Waals surface area contributed by atoms with Crippen LogP contribution >= 0.6 is 0 Å². The van der Waals surface area contributed by atoms with E-state index in [1.165, 1.54) is 18.4 Å². The molecule has 0 spiro atoms. The highest BCUT2D eigenvalue weighted by atomic mass is 19.4. The second-order valence-electron chi connectivity index (χ2n) is 6.70. The molecule has 1 N–H and O–H groups in total. The molecule has 2 fully saturated rings. The van der Waals surface area contributed by atoms with Gasteiger partial charge in [-0.1, -0.05) is 19.3 Å². The Hall–Kier alpha value is -1.99. The number of carbonyl (C=O) groups is 2. The first-order valence-electron chi connectivity index (χ1n) is 8.61. The third kappa shape index (κ3) is 4.16. The van der Waals surface area contributed by atoms with Crippen LogP contribution in [-0.4, -0.2) is 35.0 Å². The Morgan fingerprint density at radius 2 is 1.84 bits per heavy atom. The number of halogens is 3. The zero-order valence-corrected chi connectivity index (χ0v) is 13.7. The Morgan fingerprint density at radius 1 is 1.16 bits per heavy atom. The average Bonchev–Trinajstić information content (AvgIpc) is 3.26. The molecule has 25 heavy (non-hydrogen) atoms. The molecule has 138 valence electrons. The summed E-state index contributed by atoms with van der Waals surface area (Å²) in [7, 11) is 0. The normalized spacial score (nSPS) is 20.1. The van der Waals surface area contributed by atoms with Gasteiger partial charge in [0.1, 0.15) is 5.76 Å². The van der Waals surface area contributed by atoms with Crippen LogP contribution in [0.1, 0.15) is 56.7 Å². The van der Waals surface area contributed by atoms with Crippen LogP contribution in [0.15, 0.2) is 22.8 Å². The number of furan rings is 1. The van der Waals surface area contributed by atoms with Gasteiger partial charge in [-0.05, 0) is 37.8 Å². The number of hydrogen-bond acceptors (Lipinski definition) is 3. The van der Waals surface area contributed by atoms with Gasteiger partial charge < -0.3 is 14.6 Å². The van der Waals surface area contributed by atoms with E-state index in [1.54, 1.807) is 0 Å². The van der Waals surface area contributed by atoms with E-state index in [1.807, 2.05) is 0 Å². The van der Waals surface area contributed by atoms with Gasteiger partial charge in [0.05, 0.1) is 6.26 Å². The zero-order valence-electron chi connectivity index (χ0n) is 13.7. The van der Waals surface area contributed by atoms with E-state index in [2.05, 4.69) is 5.32 Å². The molecular formula is C17H21F3N2O3. The van der Waals surface area contributed by atoms with Crippen molar-refractivity contribution < 1.29 is 27.2 Å². The summed E-state index contributed by atoms with van der Waals surface area (Å²) in [6, 6.07) is 0.893. The summed E-state index contributed by atoms with van der Waals surface area (Å²) in [5.74, 6) is -2.54. The maximum Gasteiger partial charge on any atom is 0.471 e. The van der Waals surface area contributed by atoms with Crippen LogP contribution in [0.25, 0.3) is 0 Å². The standard InChI is InChI=1S/C17H21F3N2O3/c18-17(19,20)16(24)22(12-8-9-12)14(13-7-4-10-25-13)15(23)21-11-5-2-1-3-6-11/h4,7,10-12,14H,1-3,5-6,8-9H2,(H,21,23)/t14-/m0/s1. The average molecular weight is 358 g/mol. The topological polar surface area (TPSA) is 62.6 Å². The van der Waals surface area contributed by atoms with E-state index in [0.717, 1.165) is 32.1 Å². The van der Waals surface area contributed by atoms with Crippen molar-refractivity contribution in [2.24, 2.45) is 0 Å². The van der Waals surface area contributed by atoms with Gasteiger partial charge in [-0.3, -0.25) is 9.59 Å². The molecule has 5 nitrogen and oxygen atoms in total.